The van der Waals surface area contributed by atoms with Gasteiger partial charge in [0.2, 0.25) is 5.91 Å². The number of carbonyl (C=O) groups is 2. The zero-order valence-corrected chi connectivity index (χ0v) is 18.5. The van der Waals surface area contributed by atoms with E-state index in [1.807, 2.05) is 12.1 Å². The van der Waals surface area contributed by atoms with Crippen LogP contribution in [-0.4, -0.2) is 80.3 Å². The average molecular weight is 433 g/mol. The Morgan fingerprint density at radius 3 is 2.55 bits per heavy atom. The first-order valence-electron chi connectivity index (χ1n) is 11.3. The lowest BCUT2D eigenvalue weighted by atomic mass is 9.76. The highest BCUT2D eigenvalue weighted by atomic mass is 19.1. The predicted molar refractivity (Wildman–Crippen MR) is 116 cm³/mol. The van der Waals surface area contributed by atoms with Gasteiger partial charge in [-0.3, -0.25) is 9.69 Å². The molecule has 3 aliphatic rings. The lowest BCUT2D eigenvalue weighted by Gasteiger charge is -2.41. The van der Waals surface area contributed by atoms with Gasteiger partial charge in [-0.05, 0) is 56.9 Å². The fraction of sp³-hybridized carbons (Fsp3) is 0.652. The number of likely N-dealkylation sites (tertiary alicyclic amines) is 1. The number of piperidine rings is 1. The molecule has 3 saturated heterocycles. The van der Waals surface area contributed by atoms with Crippen molar-refractivity contribution >= 4 is 17.7 Å². The monoisotopic (exact) mass is 432 g/mol. The van der Waals surface area contributed by atoms with Gasteiger partial charge >= 0.3 is 6.09 Å². The Morgan fingerprint density at radius 2 is 1.90 bits per heavy atom. The molecule has 7 nitrogen and oxygen atoms in total. The van der Waals surface area contributed by atoms with Gasteiger partial charge in [-0.2, -0.15) is 0 Å². The summed E-state index contributed by atoms with van der Waals surface area (Å²) in [4.78, 5) is 31.0. The van der Waals surface area contributed by atoms with Crippen molar-refractivity contribution in [1.29, 1.82) is 0 Å². The van der Waals surface area contributed by atoms with Gasteiger partial charge in [0.1, 0.15) is 5.82 Å². The third-order valence-corrected chi connectivity index (χ3v) is 7.33. The maximum atomic E-state index is 13.2. The molecule has 3 fully saturated rings. The number of carbonyl (C=O) groups excluding carboxylic acids is 2. The Kier molecular flexibility index (Phi) is 6.36. The standard InChI is InChI=1S/C23H33FN4O3/c1-17-16-28(20-5-3-18(24)4-6-20)14-13-26(17)10-7-19-15-23(21(29)25-19)8-11-27(12-9-23)22(30)31-2/h3-6,17,19H,7-16H2,1-2H3,(H,25,29)/t17-,19-/m0/s1. The maximum absolute atomic E-state index is 13.2. The van der Waals surface area contributed by atoms with Crippen molar-refractivity contribution in [3.05, 3.63) is 30.1 Å². The van der Waals surface area contributed by atoms with Gasteiger partial charge < -0.3 is 19.9 Å². The number of ether oxygens (including phenoxy) is 1. The van der Waals surface area contributed by atoms with E-state index in [2.05, 4.69) is 22.0 Å². The van der Waals surface area contributed by atoms with Crippen LogP contribution < -0.4 is 10.2 Å². The van der Waals surface area contributed by atoms with Crippen LogP contribution in [0, 0.1) is 11.2 Å². The number of piperazine rings is 1. The molecular weight excluding hydrogens is 399 g/mol. The van der Waals surface area contributed by atoms with Gasteiger partial charge in [0, 0.05) is 57.0 Å². The second-order valence-electron chi connectivity index (χ2n) is 9.21. The number of halogens is 1. The molecule has 170 valence electrons. The van der Waals surface area contributed by atoms with E-state index in [9.17, 15) is 14.0 Å². The molecule has 0 aromatic heterocycles. The highest BCUT2D eigenvalue weighted by Gasteiger charge is 2.48. The van der Waals surface area contributed by atoms with E-state index >= 15 is 0 Å². The van der Waals surface area contributed by atoms with Gasteiger partial charge in [0.15, 0.2) is 0 Å². The highest BCUT2D eigenvalue weighted by Crippen LogP contribution is 2.41. The van der Waals surface area contributed by atoms with Gasteiger partial charge in [-0.1, -0.05) is 0 Å². The van der Waals surface area contributed by atoms with Crippen LogP contribution in [-0.2, 0) is 9.53 Å². The van der Waals surface area contributed by atoms with E-state index in [4.69, 9.17) is 4.74 Å². The fourth-order valence-electron chi connectivity index (χ4n) is 5.34. The van der Waals surface area contributed by atoms with E-state index < -0.39 is 0 Å². The van der Waals surface area contributed by atoms with Crippen LogP contribution >= 0.6 is 0 Å². The fourth-order valence-corrected chi connectivity index (χ4v) is 5.34. The van der Waals surface area contributed by atoms with Crippen molar-refractivity contribution in [2.24, 2.45) is 5.41 Å². The molecule has 0 aliphatic carbocycles. The van der Waals surface area contributed by atoms with Crippen LogP contribution in [0.1, 0.15) is 32.6 Å². The minimum absolute atomic E-state index is 0.149. The zero-order valence-electron chi connectivity index (χ0n) is 18.5. The summed E-state index contributed by atoms with van der Waals surface area (Å²) < 4.78 is 18.0. The Morgan fingerprint density at radius 1 is 1.19 bits per heavy atom. The molecule has 4 rings (SSSR count). The molecular formula is C23H33FN4O3. The van der Waals surface area contributed by atoms with Crippen molar-refractivity contribution in [1.82, 2.24) is 15.1 Å². The summed E-state index contributed by atoms with van der Waals surface area (Å²) in [6.45, 7) is 7.12. The van der Waals surface area contributed by atoms with E-state index in [1.165, 1.54) is 19.2 Å². The first kappa shape index (κ1) is 21.9. The average Bonchev–Trinajstić information content (AvgIpc) is 3.08. The highest BCUT2D eigenvalue weighted by molar-refractivity contribution is 5.85. The van der Waals surface area contributed by atoms with Crippen LogP contribution in [0.3, 0.4) is 0 Å². The van der Waals surface area contributed by atoms with E-state index in [0.29, 0.717) is 32.0 Å². The summed E-state index contributed by atoms with van der Waals surface area (Å²) in [6.07, 6.45) is 2.90. The quantitative estimate of drug-likeness (QED) is 0.792. The number of hydrogen-bond acceptors (Lipinski definition) is 5. The Labute approximate surface area is 183 Å². The second-order valence-corrected chi connectivity index (χ2v) is 9.21. The largest absolute Gasteiger partial charge is 0.453 e. The number of nitrogens with zero attached hydrogens (tertiary/aromatic N) is 3. The molecule has 1 spiro atoms. The zero-order chi connectivity index (χ0) is 22.0. The summed E-state index contributed by atoms with van der Waals surface area (Å²) in [5.41, 5.74) is 0.735. The summed E-state index contributed by atoms with van der Waals surface area (Å²) in [5, 5.41) is 3.22. The van der Waals surface area contributed by atoms with Crippen molar-refractivity contribution in [2.75, 3.05) is 51.3 Å². The van der Waals surface area contributed by atoms with Crippen LogP contribution in [0.4, 0.5) is 14.9 Å². The number of methoxy groups -OCH3 is 1. The van der Waals surface area contributed by atoms with Crippen LogP contribution in [0.25, 0.3) is 0 Å². The van der Waals surface area contributed by atoms with Crippen molar-refractivity contribution < 1.29 is 18.7 Å². The summed E-state index contributed by atoms with van der Waals surface area (Å²) in [7, 11) is 1.39. The van der Waals surface area contributed by atoms with E-state index in [1.54, 1.807) is 4.90 Å². The van der Waals surface area contributed by atoms with Gasteiger partial charge in [0.05, 0.1) is 12.5 Å². The number of hydrogen-bond donors (Lipinski definition) is 1. The molecule has 1 N–H and O–H groups in total. The molecule has 2 amide bonds. The lowest BCUT2D eigenvalue weighted by Crippen LogP contribution is -2.52. The smallest absolute Gasteiger partial charge is 0.409 e. The minimum Gasteiger partial charge on any atom is -0.453 e. The number of nitrogens with one attached hydrogen (secondary N) is 1. The van der Waals surface area contributed by atoms with Crippen molar-refractivity contribution in [2.45, 2.75) is 44.7 Å². The van der Waals surface area contributed by atoms with Crippen LogP contribution in [0.15, 0.2) is 24.3 Å². The molecule has 0 unspecified atom stereocenters. The van der Waals surface area contributed by atoms with Crippen molar-refractivity contribution in [3.63, 3.8) is 0 Å². The number of amides is 2. The normalized spacial score (nSPS) is 26.2. The summed E-state index contributed by atoms with van der Waals surface area (Å²) in [6, 6.07) is 7.31. The van der Waals surface area contributed by atoms with Gasteiger partial charge in [0.25, 0.3) is 0 Å². The van der Waals surface area contributed by atoms with Crippen molar-refractivity contribution in [3.8, 4) is 0 Å². The first-order chi connectivity index (χ1) is 14.9. The minimum atomic E-state index is -0.331. The third kappa shape index (κ3) is 4.63. The predicted octanol–water partition coefficient (Wildman–Crippen LogP) is 2.46. The van der Waals surface area contributed by atoms with Gasteiger partial charge in [-0.25, -0.2) is 9.18 Å². The topological polar surface area (TPSA) is 65.1 Å². The molecule has 3 aliphatic heterocycles. The number of rotatable bonds is 4. The lowest BCUT2D eigenvalue weighted by molar-refractivity contribution is -0.129. The molecule has 3 heterocycles. The number of benzene rings is 1. The number of anilines is 1. The van der Waals surface area contributed by atoms with E-state index in [-0.39, 0.29) is 29.3 Å². The SMILES string of the molecule is COC(=O)N1CCC2(CC1)C[C@H](CCN1CCN(c3ccc(F)cc3)C[C@@H]1C)NC2=O. The molecule has 0 saturated carbocycles. The molecule has 1 aromatic carbocycles. The molecule has 8 heteroatoms. The second kappa shape index (κ2) is 9.02. The Balaban J connectivity index is 1.25. The Bertz CT molecular complexity index is 795. The first-order valence-corrected chi connectivity index (χ1v) is 11.3. The van der Waals surface area contributed by atoms with Crippen LogP contribution in [0.2, 0.25) is 0 Å². The molecule has 0 radical (unpaired) electrons. The molecule has 0 bridgehead atoms. The molecule has 2 atom stereocenters. The summed E-state index contributed by atoms with van der Waals surface area (Å²) in [5.74, 6) is -0.0565. The van der Waals surface area contributed by atoms with Crippen LogP contribution in [0.5, 0.6) is 0 Å². The maximum Gasteiger partial charge on any atom is 0.409 e. The Hall–Kier alpha value is -2.35. The van der Waals surface area contributed by atoms with E-state index in [0.717, 1.165) is 44.7 Å². The van der Waals surface area contributed by atoms with Gasteiger partial charge in [-0.15, -0.1) is 0 Å². The molecule has 1 aromatic rings. The molecule has 31 heavy (non-hydrogen) atoms. The summed E-state index contributed by atoms with van der Waals surface area (Å²) >= 11 is 0. The third-order valence-electron chi connectivity index (χ3n) is 7.33.